The van der Waals surface area contributed by atoms with Gasteiger partial charge in [0, 0.05) is 41.3 Å². The Kier molecular flexibility index (Phi) is 3.92. The number of aromatic nitrogens is 3. The molecular weight excluding hydrogens is 314 g/mol. The van der Waals surface area contributed by atoms with E-state index in [-0.39, 0.29) is 12.5 Å². The van der Waals surface area contributed by atoms with Crippen molar-refractivity contribution in [2.45, 2.75) is 13.5 Å². The zero-order chi connectivity index (χ0) is 16.6. The lowest BCUT2D eigenvalue weighted by atomic mass is 10.2. The molecule has 0 spiro atoms. The predicted molar refractivity (Wildman–Crippen MR) is 90.3 cm³/mol. The molecule has 118 valence electrons. The molecule has 0 unspecified atom stereocenters. The Hall–Kier alpha value is -2.60. The SMILES string of the molecule is Cc1ncc(CNC(=O)c2cc3cc(Cl)ccc3n2C)c(N)n1. The maximum absolute atomic E-state index is 12.4. The molecule has 2 heterocycles. The number of nitrogen functional groups attached to an aromatic ring is 1. The van der Waals surface area contributed by atoms with E-state index in [0.717, 1.165) is 10.9 Å². The van der Waals surface area contributed by atoms with E-state index in [0.29, 0.717) is 27.9 Å². The second-order valence-corrected chi connectivity index (χ2v) is 5.74. The van der Waals surface area contributed by atoms with Crippen molar-refractivity contribution in [3.8, 4) is 0 Å². The van der Waals surface area contributed by atoms with Crippen LogP contribution in [0.2, 0.25) is 5.02 Å². The molecule has 0 saturated carbocycles. The maximum Gasteiger partial charge on any atom is 0.268 e. The highest BCUT2D eigenvalue weighted by Gasteiger charge is 2.14. The average molecular weight is 330 g/mol. The van der Waals surface area contributed by atoms with E-state index in [9.17, 15) is 4.79 Å². The molecule has 23 heavy (non-hydrogen) atoms. The van der Waals surface area contributed by atoms with Crippen LogP contribution in [-0.2, 0) is 13.6 Å². The van der Waals surface area contributed by atoms with E-state index in [2.05, 4.69) is 15.3 Å². The monoisotopic (exact) mass is 329 g/mol. The molecule has 3 N–H and O–H groups in total. The number of hydrogen-bond donors (Lipinski definition) is 2. The van der Waals surface area contributed by atoms with Crippen molar-refractivity contribution in [2.75, 3.05) is 5.73 Å². The molecule has 0 aliphatic rings. The number of aryl methyl sites for hydroxylation is 2. The van der Waals surface area contributed by atoms with E-state index in [1.807, 2.05) is 29.8 Å². The number of nitrogens with zero attached hydrogens (tertiary/aromatic N) is 3. The standard InChI is InChI=1S/C16H16ClN5O/c1-9-19-7-11(15(18)21-9)8-20-16(23)14-6-10-5-12(17)3-4-13(10)22(14)2/h3-7H,8H2,1-2H3,(H,20,23)(H2,18,19,21). The summed E-state index contributed by atoms with van der Waals surface area (Å²) < 4.78 is 1.83. The predicted octanol–water partition coefficient (Wildman–Crippen LogP) is 2.44. The molecular formula is C16H16ClN5O. The molecule has 2 aromatic heterocycles. The number of nitrogens with two attached hydrogens (primary N) is 1. The van der Waals surface area contributed by atoms with E-state index < -0.39 is 0 Å². The molecule has 3 rings (SSSR count). The third kappa shape index (κ3) is 2.98. The maximum atomic E-state index is 12.4. The summed E-state index contributed by atoms with van der Waals surface area (Å²) in [4.78, 5) is 20.6. The molecule has 3 aromatic rings. The number of carbonyl (C=O) groups excluding carboxylic acids is 1. The number of hydrogen-bond acceptors (Lipinski definition) is 4. The Labute approximate surface area is 138 Å². The molecule has 0 aliphatic heterocycles. The molecule has 0 fully saturated rings. The van der Waals surface area contributed by atoms with Crippen molar-refractivity contribution in [2.24, 2.45) is 7.05 Å². The molecule has 6 nitrogen and oxygen atoms in total. The normalized spacial score (nSPS) is 10.9. The molecule has 1 amide bonds. The highest BCUT2D eigenvalue weighted by Crippen LogP contribution is 2.22. The fourth-order valence-corrected chi connectivity index (χ4v) is 2.63. The number of nitrogens with one attached hydrogen (secondary N) is 1. The number of fused-ring (bicyclic) bond motifs is 1. The Balaban J connectivity index is 1.82. The smallest absolute Gasteiger partial charge is 0.268 e. The minimum Gasteiger partial charge on any atom is -0.383 e. The third-order valence-electron chi connectivity index (χ3n) is 3.70. The van der Waals surface area contributed by atoms with Gasteiger partial charge in [-0.3, -0.25) is 4.79 Å². The van der Waals surface area contributed by atoms with Crippen LogP contribution in [-0.4, -0.2) is 20.4 Å². The van der Waals surface area contributed by atoms with Crippen LogP contribution in [0.4, 0.5) is 5.82 Å². The molecule has 1 aromatic carbocycles. The van der Waals surface area contributed by atoms with Crippen molar-refractivity contribution in [3.05, 3.63) is 52.6 Å². The molecule has 0 bridgehead atoms. The summed E-state index contributed by atoms with van der Waals surface area (Å²) in [6, 6.07) is 7.33. The van der Waals surface area contributed by atoms with Gasteiger partial charge >= 0.3 is 0 Å². The summed E-state index contributed by atoms with van der Waals surface area (Å²) in [5.41, 5.74) is 8.01. The van der Waals surface area contributed by atoms with E-state index >= 15 is 0 Å². The van der Waals surface area contributed by atoms with Gasteiger partial charge in [0.15, 0.2) is 0 Å². The number of rotatable bonds is 3. The second kappa shape index (κ2) is 5.89. The molecule has 0 saturated heterocycles. The first-order chi connectivity index (χ1) is 11.0. The van der Waals surface area contributed by atoms with Crippen LogP contribution in [0.25, 0.3) is 10.9 Å². The minimum absolute atomic E-state index is 0.195. The summed E-state index contributed by atoms with van der Waals surface area (Å²) in [5.74, 6) is 0.782. The van der Waals surface area contributed by atoms with E-state index in [4.69, 9.17) is 17.3 Å². The lowest BCUT2D eigenvalue weighted by Crippen LogP contribution is -2.25. The van der Waals surface area contributed by atoms with E-state index in [1.165, 1.54) is 0 Å². The lowest BCUT2D eigenvalue weighted by Gasteiger charge is -2.08. The quantitative estimate of drug-likeness (QED) is 0.772. The first-order valence-electron chi connectivity index (χ1n) is 7.07. The van der Waals surface area contributed by atoms with Crippen LogP contribution in [0.5, 0.6) is 0 Å². The highest BCUT2D eigenvalue weighted by atomic mass is 35.5. The first-order valence-corrected chi connectivity index (χ1v) is 7.44. The summed E-state index contributed by atoms with van der Waals surface area (Å²) in [5, 5.41) is 4.40. The van der Waals surface area contributed by atoms with Crippen molar-refractivity contribution in [3.63, 3.8) is 0 Å². The van der Waals surface area contributed by atoms with Gasteiger partial charge in [0.1, 0.15) is 17.3 Å². The van der Waals surface area contributed by atoms with Gasteiger partial charge < -0.3 is 15.6 Å². The fraction of sp³-hybridized carbons (Fsp3) is 0.188. The van der Waals surface area contributed by atoms with Crippen LogP contribution in [0.1, 0.15) is 21.9 Å². The number of anilines is 1. The zero-order valence-corrected chi connectivity index (χ0v) is 13.6. The first kappa shape index (κ1) is 15.3. The van der Waals surface area contributed by atoms with Crippen molar-refractivity contribution >= 4 is 34.2 Å². The van der Waals surface area contributed by atoms with Crippen molar-refractivity contribution < 1.29 is 4.79 Å². The van der Waals surface area contributed by atoms with Crippen LogP contribution in [0, 0.1) is 6.92 Å². The van der Waals surface area contributed by atoms with Crippen molar-refractivity contribution in [1.29, 1.82) is 0 Å². The Morgan fingerprint density at radius 3 is 2.91 bits per heavy atom. The van der Waals surface area contributed by atoms with Crippen LogP contribution < -0.4 is 11.1 Å². The van der Waals surface area contributed by atoms with Gasteiger partial charge in [-0.1, -0.05) is 11.6 Å². The van der Waals surface area contributed by atoms with Gasteiger partial charge in [0.25, 0.3) is 5.91 Å². The van der Waals surface area contributed by atoms with Crippen LogP contribution >= 0.6 is 11.6 Å². The van der Waals surface area contributed by atoms with Gasteiger partial charge in [0.05, 0.1) is 0 Å². The molecule has 7 heteroatoms. The zero-order valence-electron chi connectivity index (χ0n) is 12.8. The molecule has 0 atom stereocenters. The van der Waals surface area contributed by atoms with E-state index in [1.54, 1.807) is 19.2 Å². The number of amides is 1. The third-order valence-corrected chi connectivity index (χ3v) is 3.93. The van der Waals surface area contributed by atoms with Gasteiger partial charge in [-0.05, 0) is 31.2 Å². The Morgan fingerprint density at radius 2 is 2.17 bits per heavy atom. The summed E-state index contributed by atoms with van der Waals surface area (Å²) in [6.45, 7) is 2.03. The molecule has 0 aliphatic carbocycles. The number of halogens is 1. The fourth-order valence-electron chi connectivity index (χ4n) is 2.45. The summed E-state index contributed by atoms with van der Waals surface area (Å²) >= 11 is 5.99. The molecule has 0 radical (unpaired) electrons. The van der Waals surface area contributed by atoms with Gasteiger partial charge in [0.2, 0.25) is 0 Å². The highest BCUT2D eigenvalue weighted by molar-refractivity contribution is 6.31. The number of carbonyl (C=O) groups is 1. The van der Waals surface area contributed by atoms with Gasteiger partial charge in [-0.2, -0.15) is 0 Å². The average Bonchev–Trinajstić information content (AvgIpc) is 2.82. The number of benzene rings is 1. The van der Waals surface area contributed by atoms with Crippen molar-refractivity contribution in [1.82, 2.24) is 19.9 Å². The van der Waals surface area contributed by atoms with Gasteiger partial charge in [-0.15, -0.1) is 0 Å². The topological polar surface area (TPSA) is 85.8 Å². The van der Waals surface area contributed by atoms with Gasteiger partial charge in [-0.25, -0.2) is 9.97 Å². The second-order valence-electron chi connectivity index (χ2n) is 5.30. The minimum atomic E-state index is -0.195. The van der Waals surface area contributed by atoms with Crippen LogP contribution in [0.15, 0.2) is 30.5 Å². The summed E-state index contributed by atoms with van der Waals surface area (Å²) in [6.07, 6.45) is 1.62. The largest absolute Gasteiger partial charge is 0.383 e. The lowest BCUT2D eigenvalue weighted by molar-refractivity contribution is 0.0943. The summed E-state index contributed by atoms with van der Waals surface area (Å²) in [7, 11) is 1.84. The Morgan fingerprint density at radius 1 is 1.39 bits per heavy atom. The Bertz CT molecular complexity index is 903. The van der Waals surface area contributed by atoms with Crippen LogP contribution in [0.3, 0.4) is 0 Å².